The quantitative estimate of drug-likeness (QED) is 0.451. The Morgan fingerprint density at radius 1 is 1.00 bits per heavy atom. The standard InChI is InChI=1S/C12H18O5/c1-14-10-7-9(5-4-6-17-13)8-11(15-2)12(10)16-3/h7-8,13H,4-6H2,1-3H3. The van der Waals surface area contributed by atoms with E-state index < -0.39 is 0 Å². The Kier molecular flexibility index (Phi) is 5.59. The van der Waals surface area contributed by atoms with E-state index in [9.17, 15) is 0 Å². The summed E-state index contributed by atoms with van der Waals surface area (Å²) in [4.78, 5) is 4.03. The lowest BCUT2D eigenvalue weighted by Gasteiger charge is -2.13. The molecule has 0 aromatic heterocycles. The van der Waals surface area contributed by atoms with Crippen LogP contribution in [0.5, 0.6) is 17.2 Å². The lowest BCUT2D eigenvalue weighted by Crippen LogP contribution is -1.98. The van der Waals surface area contributed by atoms with Gasteiger partial charge in [-0.15, -0.1) is 0 Å². The molecule has 0 aliphatic rings. The van der Waals surface area contributed by atoms with Crippen molar-refractivity contribution in [1.82, 2.24) is 0 Å². The van der Waals surface area contributed by atoms with Crippen LogP contribution in [-0.4, -0.2) is 33.2 Å². The molecule has 0 saturated carbocycles. The van der Waals surface area contributed by atoms with Crippen molar-refractivity contribution in [3.63, 3.8) is 0 Å². The molecule has 0 aliphatic carbocycles. The summed E-state index contributed by atoms with van der Waals surface area (Å²) >= 11 is 0. The highest BCUT2D eigenvalue weighted by Crippen LogP contribution is 2.38. The van der Waals surface area contributed by atoms with Crippen LogP contribution in [0.15, 0.2) is 12.1 Å². The molecule has 0 fully saturated rings. The summed E-state index contributed by atoms with van der Waals surface area (Å²) in [6.07, 6.45) is 1.48. The third-order valence-corrected chi connectivity index (χ3v) is 2.43. The molecule has 1 N–H and O–H groups in total. The molecule has 17 heavy (non-hydrogen) atoms. The van der Waals surface area contributed by atoms with Gasteiger partial charge in [-0.2, -0.15) is 0 Å². The Balaban J connectivity index is 2.92. The molecule has 0 saturated heterocycles. The first-order valence-electron chi connectivity index (χ1n) is 5.32. The maximum Gasteiger partial charge on any atom is 0.203 e. The SMILES string of the molecule is COc1cc(CCCOO)cc(OC)c1OC. The lowest BCUT2D eigenvalue weighted by molar-refractivity contribution is -0.242. The van der Waals surface area contributed by atoms with Crippen LogP contribution in [0.1, 0.15) is 12.0 Å². The number of hydrogen-bond acceptors (Lipinski definition) is 5. The van der Waals surface area contributed by atoms with Crippen molar-refractivity contribution in [3.05, 3.63) is 17.7 Å². The first-order valence-corrected chi connectivity index (χ1v) is 5.32. The van der Waals surface area contributed by atoms with Gasteiger partial charge < -0.3 is 14.2 Å². The highest BCUT2D eigenvalue weighted by molar-refractivity contribution is 5.53. The smallest absolute Gasteiger partial charge is 0.203 e. The number of methoxy groups -OCH3 is 3. The van der Waals surface area contributed by atoms with Gasteiger partial charge in [0.1, 0.15) is 0 Å². The van der Waals surface area contributed by atoms with Gasteiger partial charge in [0, 0.05) is 0 Å². The number of aryl methyl sites for hydroxylation is 1. The maximum atomic E-state index is 8.26. The van der Waals surface area contributed by atoms with Crippen molar-refractivity contribution < 1.29 is 24.4 Å². The Morgan fingerprint density at radius 2 is 1.59 bits per heavy atom. The first kappa shape index (κ1) is 13.6. The van der Waals surface area contributed by atoms with E-state index in [-0.39, 0.29) is 0 Å². The van der Waals surface area contributed by atoms with E-state index in [0.717, 1.165) is 18.4 Å². The molecule has 0 radical (unpaired) electrons. The van der Waals surface area contributed by atoms with E-state index in [2.05, 4.69) is 4.89 Å². The summed E-state index contributed by atoms with van der Waals surface area (Å²) in [6.45, 7) is 0.302. The van der Waals surface area contributed by atoms with Gasteiger partial charge in [0.2, 0.25) is 5.75 Å². The number of ether oxygens (including phenoxy) is 3. The molecule has 0 heterocycles. The van der Waals surface area contributed by atoms with Crippen LogP contribution < -0.4 is 14.2 Å². The van der Waals surface area contributed by atoms with E-state index >= 15 is 0 Å². The third-order valence-electron chi connectivity index (χ3n) is 2.43. The second-order valence-electron chi connectivity index (χ2n) is 3.47. The lowest BCUT2D eigenvalue weighted by atomic mass is 10.1. The molecule has 0 bridgehead atoms. The van der Waals surface area contributed by atoms with Crippen molar-refractivity contribution in [2.45, 2.75) is 12.8 Å². The Bertz CT molecular complexity index is 326. The third kappa shape index (κ3) is 3.51. The van der Waals surface area contributed by atoms with E-state index in [1.54, 1.807) is 21.3 Å². The van der Waals surface area contributed by atoms with Crippen molar-refractivity contribution in [2.24, 2.45) is 0 Å². The van der Waals surface area contributed by atoms with Gasteiger partial charge in [-0.1, -0.05) is 0 Å². The minimum Gasteiger partial charge on any atom is -0.493 e. The van der Waals surface area contributed by atoms with Gasteiger partial charge in [0.25, 0.3) is 0 Å². The topological polar surface area (TPSA) is 57.2 Å². The fourth-order valence-electron chi connectivity index (χ4n) is 1.62. The largest absolute Gasteiger partial charge is 0.493 e. The van der Waals surface area contributed by atoms with Crippen LogP contribution in [0.4, 0.5) is 0 Å². The zero-order valence-corrected chi connectivity index (χ0v) is 10.4. The number of hydrogen-bond donors (Lipinski definition) is 1. The molecule has 5 heteroatoms. The molecule has 5 nitrogen and oxygen atoms in total. The molecule has 0 atom stereocenters. The van der Waals surface area contributed by atoms with Crippen LogP contribution in [0, 0.1) is 0 Å². The predicted molar refractivity (Wildman–Crippen MR) is 63.0 cm³/mol. The summed E-state index contributed by atoms with van der Waals surface area (Å²) in [5, 5.41) is 8.26. The number of benzene rings is 1. The second-order valence-corrected chi connectivity index (χ2v) is 3.47. The second kappa shape index (κ2) is 6.98. The Morgan fingerprint density at radius 3 is 2.00 bits per heavy atom. The maximum absolute atomic E-state index is 8.26. The molecule has 1 aromatic carbocycles. The summed E-state index contributed by atoms with van der Waals surface area (Å²) in [6, 6.07) is 3.78. The Hall–Kier alpha value is -1.46. The summed E-state index contributed by atoms with van der Waals surface area (Å²) in [7, 11) is 4.73. The molecule has 0 spiro atoms. The van der Waals surface area contributed by atoms with Gasteiger partial charge in [-0.05, 0) is 30.5 Å². The first-order chi connectivity index (χ1) is 8.26. The molecule has 96 valence electrons. The monoisotopic (exact) mass is 242 g/mol. The van der Waals surface area contributed by atoms with Crippen molar-refractivity contribution in [3.8, 4) is 17.2 Å². The predicted octanol–water partition coefficient (Wildman–Crippen LogP) is 2.13. The van der Waals surface area contributed by atoms with E-state index in [1.807, 2.05) is 12.1 Å². The fourth-order valence-corrected chi connectivity index (χ4v) is 1.62. The van der Waals surface area contributed by atoms with Crippen LogP contribution in [-0.2, 0) is 11.3 Å². The van der Waals surface area contributed by atoms with Crippen molar-refractivity contribution in [2.75, 3.05) is 27.9 Å². The minimum atomic E-state index is 0.302. The van der Waals surface area contributed by atoms with Gasteiger partial charge in [-0.3, -0.25) is 5.26 Å². The Labute approximate surface area is 101 Å². The fraction of sp³-hybridized carbons (Fsp3) is 0.500. The van der Waals surface area contributed by atoms with E-state index in [1.165, 1.54) is 0 Å². The van der Waals surface area contributed by atoms with Crippen LogP contribution in [0.25, 0.3) is 0 Å². The van der Waals surface area contributed by atoms with E-state index in [4.69, 9.17) is 19.5 Å². The molecular weight excluding hydrogens is 224 g/mol. The number of rotatable bonds is 7. The molecule has 1 aromatic rings. The average Bonchev–Trinajstić information content (AvgIpc) is 2.37. The van der Waals surface area contributed by atoms with Gasteiger partial charge in [0.15, 0.2) is 11.5 Å². The van der Waals surface area contributed by atoms with E-state index in [0.29, 0.717) is 23.9 Å². The summed E-state index contributed by atoms with van der Waals surface area (Å²) in [5.74, 6) is 1.84. The molecule has 0 aliphatic heterocycles. The van der Waals surface area contributed by atoms with Gasteiger partial charge in [0.05, 0.1) is 27.9 Å². The summed E-state index contributed by atoms with van der Waals surface area (Å²) in [5.41, 5.74) is 1.04. The van der Waals surface area contributed by atoms with Crippen LogP contribution in [0.3, 0.4) is 0 Å². The zero-order chi connectivity index (χ0) is 12.7. The van der Waals surface area contributed by atoms with Crippen molar-refractivity contribution in [1.29, 1.82) is 0 Å². The molecular formula is C12H18O5. The van der Waals surface area contributed by atoms with Crippen molar-refractivity contribution >= 4 is 0 Å². The normalized spacial score (nSPS) is 10.1. The molecule has 0 amide bonds. The summed E-state index contributed by atoms with van der Waals surface area (Å²) < 4.78 is 15.7. The van der Waals surface area contributed by atoms with Gasteiger partial charge >= 0.3 is 0 Å². The minimum absolute atomic E-state index is 0.302. The highest BCUT2D eigenvalue weighted by atomic mass is 17.1. The van der Waals surface area contributed by atoms with Crippen LogP contribution in [0.2, 0.25) is 0 Å². The molecule has 1 rings (SSSR count). The average molecular weight is 242 g/mol. The van der Waals surface area contributed by atoms with Crippen LogP contribution >= 0.6 is 0 Å². The van der Waals surface area contributed by atoms with Gasteiger partial charge in [-0.25, -0.2) is 4.89 Å². The zero-order valence-electron chi connectivity index (χ0n) is 10.4. The highest BCUT2D eigenvalue weighted by Gasteiger charge is 2.12. The molecule has 0 unspecified atom stereocenters.